The highest BCUT2D eigenvalue weighted by Crippen LogP contribution is 2.46. The molecule has 836 valence electrons. The van der Waals surface area contributed by atoms with Crippen LogP contribution in [0.2, 0.25) is 177 Å². The number of allylic oxidation sites excluding steroid dienone is 1. The summed E-state index contributed by atoms with van der Waals surface area (Å²) in [5, 5.41) is 106. The van der Waals surface area contributed by atoms with Gasteiger partial charge in [0.15, 0.2) is 117 Å². The first-order valence-corrected chi connectivity index (χ1v) is 82.5. The molecule has 0 radical (unpaired) electrons. The van der Waals surface area contributed by atoms with Gasteiger partial charge in [0.25, 0.3) is 0 Å². The van der Waals surface area contributed by atoms with E-state index in [1.54, 1.807) is 13.8 Å². The van der Waals surface area contributed by atoms with Crippen LogP contribution in [0.5, 0.6) is 0 Å². The maximum atomic E-state index is 12.0. The lowest BCUT2D eigenvalue weighted by Crippen LogP contribution is -2.63. The number of carbonyl (C=O) groups is 2. The molecule has 8 rings (SSSR count). The van der Waals surface area contributed by atoms with E-state index in [0.717, 1.165) is 6.42 Å². The second kappa shape index (κ2) is 58.5. The highest BCUT2D eigenvalue weighted by molar-refractivity contribution is 7.18. The summed E-state index contributed by atoms with van der Waals surface area (Å²) in [5.41, 5.74) is 0.740. The highest BCUT2D eigenvalue weighted by atomic mass is 35.6. The van der Waals surface area contributed by atoms with E-state index in [1.165, 1.54) is 0 Å². The molecule has 0 aromatic heterocycles. The van der Waals surface area contributed by atoms with E-state index in [0.29, 0.717) is 23.7 Å². The zero-order valence-electron chi connectivity index (χ0n) is 92.7. The number of esters is 1. The molecule has 0 aliphatic carbocycles. The van der Waals surface area contributed by atoms with Gasteiger partial charge in [0.2, 0.25) is 5.24 Å². The van der Waals surface area contributed by atoms with Crippen molar-refractivity contribution in [3.05, 3.63) is 24.3 Å². The molecule has 34 nitrogen and oxygen atoms in total. The van der Waals surface area contributed by atoms with Gasteiger partial charge in [0.05, 0.1) is 94.6 Å². The monoisotopic (exact) mass is 2220 g/mol. The molecule has 8 aliphatic rings. The van der Waals surface area contributed by atoms with Crippen LogP contribution >= 0.6 is 22.7 Å². The number of halogens is 2. The summed E-state index contributed by atoms with van der Waals surface area (Å²) in [7, 11) is -16.3. The van der Waals surface area contributed by atoms with Gasteiger partial charge in [0.1, 0.15) is 87.2 Å². The largest absolute Gasteiger partial charge is 0.460 e. The predicted octanol–water partition coefficient (Wildman–Crippen LogP) is 13.9. The van der Waals surface area contributed by atoms with Crippen LogP contribution in [0.3, 0.4) is 0 Å². The van der Waals surface area contributed by atoms with E-state index in [-0.39, 0.29) is 148 Å². The molecule has 8 aliphatic heterocycles. The molecule has 0 saturated carbocycles. The minimum absolute atomic E-state index is 0. The number of aliphatic hydroxyl groups is 11. The normalized spacial score (nSPS) is 38.5. The second-order valence-corrected chi connectivity index (χ2v) is 92.0. The van der Waals surface area contributed by atoms with Crippen molar-refractivity contribution in [1.29, 1.82) is 0 Å². The van der Waals surface area contributed by atoms with E-state index in [9.17, 15) is 55.5 Å². The molecule has 0 aromatic carbocycles. The van der Waals surface area contributed by atoms with Gasteiger partial charge in [0, 0.05) is 46.7 Å². The Morgan fingerprint density at radius 3 is 0.794 bits per heavy atom. The summed E-state index contributed by atoms with van der Waals surface area (Å²) < 4.78 is 132. The van der Waals surface area contributed by atoms with Crippen LogP contribution in [0.1, 0.15) is 111 Å². The molecule has 0 bridgehead atoms. The third-order valence-electron chi connectivity index (χ3n) is 25.3. The van der Waals surface area contributed by atoms with Crippen LogP contribution in [-0.2, 0) is 107 Å². The van der Waals surface area contributed by atoms with Crippen LogP contribution in [0.15, 0.2) is 24.3 Å². The van der Waals surface area contributed by atoms with Crippen LogP contribution in [-0.4, -0.2) is 366 Å². The van der Waals surface area contributed by atoms with Gasteiger partial charge in [-0.15, -0.1) is 0 Å². The average Bonchev–Trinajstić information content (AvgIpc) is 0.773. The topological polar surface area (TPSA) is 451 Å². The van der Waals surface area contributed by atoms with Crippen molar-refractivity contribution in [2.75, 3.05) is 46.2 Å². The van der Waals surface area contributed by atoms with Gasteiger partial charge >= 0.3 is 5.97 Å². The minimum atomic E-state index is -2.02. The third kappa shape index (κ3) is 45.5. The average molecular weight is 2220 g/mol. The molecular weight excluding hydrogens is 2020 g/mol. The van der Waals surface area contributed by atoms with Crippen molar-refractivity contribution < 1.29 is 163 Å². The lowest BCUT2D eigenvalue weighted by molar-refractivity contribution is -0.376. The quantitative estimate of drug-likeness (QED) is 0.00923. The summed E-state index contributed by atoms with van der Waals surface area (Å²) in [4.78, 5) is 21.8. The van der Waals surface area contributed by atoms with Gasteiger partial charge in [-0.05, 0) is 219 Å². The fraction of sp³-hybridized carbons (Fsp3) is 0.938. The number of aliphatic hydroxyl groups excluding tert-OH is 11. The van der Waals surface area contributed by atoms with E-state index < -0.39 is 222 Å². The maximum absolute atomic E-state index is 12.0. The van der Waals surface area contributed by atoms with Gasteiger partial charge in [-0.25, -0.2) is 4.79 Å². The Morgan fingerprint density at radius 2 is 0.518 bits per heavy atom. The van der Waals surface area contributed by atoms with Crippen molar-refractivity contribution in [1.82, 2.24) is 0 Å². The van der Waals surface area contributed by atoms with Gasteiger partial charge < -0.3 is 153 Å². The standard InChI is InChI=1S/C28H62O7Si4.C26H50O8Si2.C22H46O7Si2.C12H22O11.C4H5ClO.C3H9ClSi.CH4/c1-17-22-21(4)25(34-38(11,12)13)26(35-39(14,15)16)28(30-22)32-27-20(3)19(2)24(33-37(8,9)10)23(31-27)18-29-36(5,6)7;1-15(2)24(28)29-14-21-17(4)16(3)18(5)25(31-21)32-26-23(34-36(10,11)12)22(33-35(7,8)9)19(6)20(13-27)30-26;1-13-14(2)17(11-23)25-21(15(13)3)27-22-20(29-31(8,9)10)19(28-30(5,6)7)16(4)18(12-24)26-22;13-1-3-5(15)7(17)9(19)11(21-3)23-12-10(20)8(18)6(16)4(2-14)22-12;1-3(2)4(5)6;1-5(2,3)4;/h19-28H,17-18H2,1-16H3;16-23,25-27H,1,13-14H2,2-12H3;13-24H,11-12H2,1-10H3;3-20H,1-2H2;1H2,2H3;1-3H3;1H4/t19-,20-,21-,22-,23-,24?,25+,26-,27-,28-;16-,17-,18+,19+,20+,21+,22-,23+,25+,26+;13-,14-,15+,16+,17+,18+,19-,20+,21+,22+;3-,4-,5-,6-,7+,8+,9-,10-,11-,12-;;;/m1001.../s1. The summed E-state index contributed by atoms with van der Waals surface area (Å²) >= 11 is 10.5. The first-order valence-electron chi connectivity index (χ1n) is 50.3. The molecular formula is C96H198Cl2O34Si9. The van der Waals surface area contributed by atoms with Crippen LogP contribution < -0.4 is 0 Å². The summed E-state index contributed by atoms with van der Waals surface area (Å²) in [5.74, 6) is 1.16. The highest BCUT2D eigenvalue weighted by Gasteiger charge is 2.58. The molecule has 11 N–H and O–H groups in total. The minimum Gasteiger partial charge on any atom is -0.460 e. The van der Waals surface area contributed by atoms with Crippen LogP contribution in [0.4, 0.5) is 0 Å². The molecule has 8 heterocycles. The van der Waals surface area contributed by atoms with Crippen LogP contribution in [0, 0.1) is 65.1 Å². The van der Waals surface area contributed by atoms with Gasteiger partial charge in [-0.3, -0.25) is 4.79 Å². The number of hydrogen-bond donors (Lipinski definition) is 11. The molecule has 8 fully saturated rings. The zero-order chi connectivity index (χ0) is 108. The van der Waals surface area contributed by atoms with E-state index in [1.807, 2.05) is 13.8 Å². The number of rotatable bonds is 35. The summed E-state index contributed by atoms with van der Waals surface area (Å²) in [6.07, 6.45) is -21.7. The van der Waals surface area contributed by atoms with Crippen molar-refractivity contribution >= 4 is 108 Å². The van der Waals surface area contributed by atoms with Gasteiger partial charge in [-0.1, -0.05) is 123 Å². The lowest BCUT2D eigenvalue weighted by Gasteiger charge is -2.51. The second-order valence-electron chi connectivity index (χ2n) is 48.4. The Bertz CT molecular complexity index is 3560. The smallest absolute Gasteiger partial charge is 0.333 e. The molecule has 0 aromatic rings. The molecule has 1 unspecified atom stereocenters. The summed E-state index contributed by atoms with van der Waals surface area (Å²) in [6, 6.07) is 0. The fourth-order valence-corrected chi connectivity index (χ4v) is 25.5. The Labute approximate surface area is 866 Å². The van der Waals surface area contributed by atoms with E-state index in [2.05, 4.69) is 259 Å². The first-order chi connectivity index (χ1) is 63.6. The number of hydrogen-bond acceptors (Lipinski definition) is 34. The van der Waals surface area contributed by atoms with E-state index >= 15 is 0 Å². The van der Waals surface area contributed by atoms with Crippen molar-refractivity contribution in [3.63, 3.8) is 0 Å². The molecule has 45 heteroatoms. The Balaban J connectivity index is 0.000000618. The SMILES string of the molecule is C.C=C(C)C(=O)Cl.C=C(C)C(=O)OC[C@H]1O[C@H](O[C@H]2O[C@H](CO)[C@@H](C)[C@H](O[Si](C)(C)C)[C@H]2O[Si](C)(C)C)[C@H](C)[C@@H](C)[C@@H]1C.CC[C@H]1O[C@H](O[C@H]2O[C@H](CO[Si](C)(C)C)C(O[Si](C)(C)C)[C@H](C)[C@H]2C)[C@H](O[Si](C)(C)C)[C@@H](O[Si](C)(C)C)[C@@H]1C.C[C@@H]1[C@@H](C)[C@@H](O[C@H]2O[C@H](CO)[C@@H](C)[C@H](O[Si](C)(C)C)[C@H]2O[Si](C)(C)C)O[C@H](CO)[C@H]1C.C[Si](C)(C)Cl.OC[C@H]1O[C@H](O[C@H]2O[C@H](CO)[C@@H](O)[C@H](O)[C@H]2O)[C@H](O)[C@@H](O)[C@@H]1O. The lowest BCUT2D eigenvalue weighted by atomic mass is 9.79. The molecule has 8 saturated heterocycles. The molecule has 0 amide bonds. The third-order valence-corrected chi connectivity index (χ3v) is 33.5. The molecule has 0 spiro atoms. The Kier molecular flexibility index (Phi) is 56.8. The zero-order valence-corrected chi connectivity index (χ0v) is 103. The van der Waals surface area contributed by atoms with Crippen molar-refractivity contribution in [3.8, 4) is 0 Å². The van der Waals surface area contributed by atoms with Crippen LogP contribution in [0.25, 0.3) is 0 Å². The predicted molar refractivity (Wildman–Crippen MR) is 570 cm³/mol. The molecule has 141 heavy (non-hydrogen) atoms. The van der Waals surface area contributed by atoms with Gasteiger partial charge in [-0.2, -0.15) is 11.1 Å². The van der Waals surface area contributed by atoms with Crippen molar-refractivity contribution in [2.45, 2.75) is 466 Å². The Morgan fingerprint density at radius 1 is 0.284 bits per heavy atom. The number of carbonyl (C=O) groups excluding carboxylic acids is 2. The fourth-order valence-electron chi connectivity index (χ4n) is 17.0. The maximum Gasteiger partial charge on any atom is 0.333 e. The first kappa shape index (κ1) is 137. The Hall–Kier alpha value is -0.0881. The number of ether oxygens (including phenoxy) is 13. The van der Waals surface area contributed by atoms with Crippen molar-refractivity contribution in [2.24, 2.45) is 65.1 Å². The summed E-state index contributed by atoms with van der Waals surface area (Å²) in [6.45, 7) is 93.6. The van der Waals surface area contributed by atoms with E-state index in [4.69, 9.17) is 130 Å². The molecule has 40 atom stereocenters.